The Hall–Kier alpha value is -1.26. The van der Waals surface area contributed by atoms with Crippen LogP contribution in [0.5, 0.6) is 11.5 Å². The summed E-state index contributed by atoms with van der Waals surface area (Å²) in [6, 6.07) is 5.18. The molecule has 0 atom stereocenters. The molecule has 0 aliphatic rings. The van der Waals surface area contributed by atoms with Crippen LogP contribution in [0.1, 0.15) is 19.4 Å². The van der Waals surface area contributed by atoms with Crippen LogP contribution >= 0.6 is 0 Å². The van der Waals surface area contributed by atoms with E-state index >= 15 is 0 Å². The van der Waals surface area contributed by atoms with Gasteiger partial charge in [-0.1, -0.05) is 6.07 Å². The molecule has 0 bridgehead atoms. The molecule has 90 valence electrons. The highest BCUT2D eigenvalue weighted by Crippen LogP contribution is 2.26. The average molecular weight is 225 g/mol. The van der Waals surface area contributed by atoms with Crippen molar-refractivity contribution in [3.05, 3.63) is 23.8 Å². The van der Waals surface area contributed by atoms with E-state index in [4.69, 9.17) is 4.74 Å². The number of methoxy groups -OCH3 is 1. The molecule has 0 heterocycles. The van der Waals surface area contributed by atoms with Crippen LogP contribution in [0.2, 0.25) is 0 Å². The van der Waals surface area contributed by atoms with Crippen molar-refractivity contribution in [2.45, 2.75) is 26.0 Å². The molecular weight excluding hydrogens is 206 g/mol. The molecule has 0 saturated carbocycles. The maximum atomic E-state index is 9.51. The predicted molar refractivity (Wildman–Crippen MR) is 62.7 cm³/mol. The van der Waals surface area contributed by atoms with E-state index in [1.165, 1.54) is 7.11 Å². The summed E-state index contributed by atoms with van der Waals surface area (Å²) in [4.78, 5) is 0. The van der Waals surface area contributed by atoms with Crippen LogP contribution < -0.4 is 10.1 Å². The normalized spacial score (nSPS) is 11.5. The monoisotopic (exact) mass is 225 g/mol. The molecule has 1 rings (SSSR count). The second-order valence-corrected chi connectivity index (χ2v) is 4.42. The molecule has 3 N–H and O–H groups in total. The lowest BCUT2D eigenvalue weighted by Gasteiger charge is -2.17. The number of rotatable bonds is 5. The number of benzene rings is 1. The number of aliphatic hydroxyl groups is 1. The third-order valence-electron chi connectivity index (χ3n) is 2.13. The first-order chi connectivity index (χ1) is 7.42. The number of phenols is 1. The van der Waals surface area contributed by atoms with E-state index < -0.39 is 5.60 Å². The van der Waals surface area contributed by atoms with Crippen molar-refractivity contribution in [2.24, 2.45) is 0 Å². The number of hydrogen-bond donors (Lipinski definition) is 3. The van der Waals surface area contributed by atoms with Crippen LogP contribution in [0.15, 0.2) is 18.2 Å². The predicted octanol–water partition coefficient (Wildman–Crippen LogP) is 1.26. The SMILES string of the molecule is COc1cc(CNCC(C)(C)O)ccc1O. The molecule has 1 aromatic carbocycles. The van der Waals surface area contributed by atoms with Crippen LogP contribution in [0.25, 0.3) is 0 Å². The Balaban J connectivity index is 2.55. The van der Waals surface area contributed by atoms with Crippen molar-refractivity contribution in [2.75, 3.05) is 13.7 Å². The molecule has 0 saturated heterocycles. The molecule has 4 heteroatoms. The van der Waals surface area contributed by atoms with Crippen LogP contribution in [0, 0.1) is 0 Å². The van der Waals surface area contributed by atoms with Gasteiger partial charge in [0.2, 0.25) is 0 Å². The second-order valence-electron chi connectivity index (χ2n) is 4.42. The largest absolute Gasteiger partial charge is 0.504 e. The molecule has 0 aliphatic carbocycles. The van der Waals surface area contributed by atoms with Gasteiger partial charge in [-0.05, 0) is 31.5 Å². The molecule has 0 unspecified atom stereocenters. The first kappa shape index (κ1) is 12.8. The Labute approximate surface area is 95.9 Å². The maximum absolute atomic E-state index is 9.51. The molecule has 16 heavy (non-hydrogen) atoms. The molecular formula is C12H19NO3. The zero-order valence-corrected chi connectivity index (χ0v) is 9.95. The van der Waals surface area contributed by atoms with Crippen LogP contribution in [0.3, 0.4) is 0 Å². The van der Waals surface area contributed by atoms with Gasteiger partial charge in [0.15, 0.2) is 11.5 Å². The van der Waals surface area contributed by atoms with Gasteiger partial charge in [0.25, 0.3) is 0 Å². The minimum atomic E-state index is -0.721. The molecule has 0 fully saturated rings. The average Bonchev–Trinajstić information content (AvgIpc) is 2.18. The second kappa shape index (κ2) is 5.18. The molecule has 0 aromatic heterocycles. The van der Waals surface area contributed by atoms with Crippen molar-refractivity contribution < 1.29 is 14.9 Å². The summed E-state index contributed by atoms with van der Waals surface area (Å²) in [5.41, 5.74) is 0.278. The van der Waals surface area contributed by atoms with Gasteiger partial charge in [-0.2, -0.15) is 0 Å². The summed E-state index contributed by atoms with van der Waals surface area (Å²) in [6.07, 6.45) is 0. The summed E-state index contributed by atoms with van der Waals surface area (Å²) in [5, 5.41) is 22.0. The van der Waals surface area contributed by atoms with E-state index in [0.717, 1.165) is 5.56 Å². The maximum Gasteiger partial charge on any atom is 0.160 e. The molecule has 0 aliphatic heterocycles. The van der Waals surface area contributed by atoms with Gasteiger partial charge in [-0.25, -0.2) is 0 Å². The Morgan fingerprint density at radius 1 is 1.38 bits per heavy atom. The third kappa shape index (κ3) is 4.08. The topological polar surface area (TPSA) is 61.7 Å². The highest BCUT2D eigenvalue weighted by molar-refractivity contribution is 5.41. The zero-order chi connectivity index (χ0) is 12.2. The Morgan fingerprint density at radius 3 is 2.62 bits per heavy atom. The summed E-state index contributed by atoms with van der Waals surface area (Å²) in [5.74, 6) is 0.594. The van der Waals surface area contributed by atoms with Gasteiger partial charge in [0.1, 0.15) is 0 Å². The Bertz CT molecular complexity index is 345. The zero-order valence-electron chi connectivity index (χ0n) is 9.95. The lowest BCUT2D eigenvalue weighted by Crippen LogP contribution is -2.34. The highest BCUT2D eigenvalue weighted by atomic mass is 16.5. The fraction of sp³-hybridized carbons (Fsp3) is 0.500. The summed E-state index contributed by atoms with van der Waals surface area (Å²) < 4.78 is 5.01. The molecule has 0 amide bonds. The number of ether oxygens (including phenoxy) is 1. The lowest BCUT2D eigenvalue weighted by molar-refractivity contribution is 0.0795. The van der Waals surface area contributed by atoms with Crippen molar-refractivity contribution in [1.29, 1.82) is 0 Å². The Kier molecular flexibility index (Phi) is 4.15. The summed E-state index contributed by atoms with van der Waals surface area (Å²) >= 11 is 0. The van der Waals surface area contributed by atoms with Crippen LogP contribution in [-0.2, 0) is 6.54 Å². The van der Waals surface area contributed by atoms with E-state index in [0.29, 0.717) is 18.8 Å². The smallest absolute Gasteiger partial charge is 0.160 e. The number of nitrogens with one attached hydrogen (secondary N) is 1. The number of hydrogen-bond acceptors (Lipinski definition) is 4. The van der Waals surface area contributed by atoms with E-state index in [2.05, 4.69) is 5.32 Å². The van der Waals surface area contributed by atoms with E-state index in [1.807, 2.05) is 6.07 Å². The van der Waals surface area contributed by atoms with Crippen molar-refractivity contribution >= 4 is 0 Å². The number of aromatic hydroxyl groups is 1. The van der Waals surface area contributed by atoms with Crippen molar-refractivity contribution in [3.8, 4) is 11.5 Å². The molecule has 4 nitrogen and oxygen atoms in total. The van der Waals surface area contributed by atoms with Crippen molar-refractivity contribution in [3.63, 3.8) is 0 Å². The van der Waals surface area contributed by atoms with Gasteiger partial charge < -0.3 is 20.3 Å². The first-order valence-electron chi connectivity index (χ1n) is 5.21. The Morgan fingerprint density at radius 2 is 2.06 bits per heavy atom. The minimum Gasteiger partial charge on any atom is -0.504 e. The summed E-state index contributed by atoms with van der Waals surface area (Å²) in [6.45, 7) is 4.63. The first-order valence-corrected chi connectivity index (χ1v) is 5.21. The molecule has 0 spiro atoms. The fourth-order valence-corrected chi connectivity index (χ4v) is 1.34. The van der Waals surface area contributed by atoms with E-state index in [1.54, 1.807) is 26.0 Å². The van der Waals surface area contributed by atoms with Gasteiger partial charge in [0.05, 0.1) is 12.7 Å². The molecule has 0 radical (unpaired) electrons. The van der Waals surface area contributed by atoms with E-state index in [-0.39, 0.29) is 5.75 Å². The van der Waals surface area contributed by atoms with Gasteiger partial charge in [0, 0.05) is 13.1 Å². The quantitative estimate of drug-likeness (QED) is 0.706. The van der Waals surface area contributed by atoms with Crippen LogP contribution in [0.4, 0.5) is 0 Å². The third-order valence-corrected chi connectivity index (χ3v) is 2.13. The van der Waals surface area contributed by atoms with Crippen molar-refractivity contribution in [1.82, 2.24) is 5.32 Å². The highest BCUT2D eigenvalue weighted by Gasteiger charge is 2.11. The lowest BCUT2D eigenvalue weighted by atomic mass is 10.1. The van der Waals surface area contributed by atoms with Gasteiger partial charge in [-0.15, -0.1) is 0 Å². The van der Waals surface area contributed by atoms with Crippen LogP contribution in [-0.4, -0.2) is 29.5 Å². The van der Waals surface area contributed by atoms with E-state index in [9.17, 15) is 10.2 Å². The van der Waals surface area contributed by atoms with Gasteiger partial charge >= 0.3 is 0 Å². The molecule has 1 aromatic rings. The number of phenolic OH excluding ortho intramolecular Hbond substituents is 1. The standard InChI is InChI=1S/C12H19NO3/c1-12(2,15)8-13-7-9-4-5-10(14)11(6-9)16-3/h4-6,13-15H,7-8H2,1-3H3. The van der Waals surface area contributed by atoms with Gasteiger partial charge in [-0.3, -0.25) is 0 Å². The fourth-order valence-electron chi connectivity index (χ4n) is 1.34. The summed E-state index contributed by atoms with van der Waals surface area (Å²) in [7, 11) is 1.52. The minimum absolute atomic E-state index is 0.133.